The zero-order chi connectivity index (χ0) is 16.2. The minimum atomic E-state index is 0.401. The van der Waals surface area contributed by atoms with Crippen molar-refractivity contribution in [3.05, 3.63) is 36.4 Å². The third-order valence-corrected chi connectivity index (χ3v) is 5.49. The van der Waals surface area contributed by atoms with Crippen molar-refractivity contribution in [1.29, 1.82) is 0 Å². The quantitative estimate of drug-likeness (QED) is 0.660. The Morgan fingerprint density at radius 1 is 0.542 bits per heavy atom. The van der Waals surface area contributed by atoms with E-state index in [0.717, 1.165) is 11.5 Å². The largest absolute Gasteiger partial charge is 0.490 e. The van der Waals surface area contributed by atoms with E-state index in [2.05, 4.69) is 36.4 Å². The number of ether oxygens (including phenoxy) is 2. The fourth-order valence-corrected chi connectivity index (χ4v) is 4.10. The normalized spacial score (nSPS) is 20.2. The van der Waals surface area contributed by atoms with Crippen molar-refractivity contribution in [3.8, 4) is 11.5 Å². The molecule has 0 spiro atoms. The number of hydrogen-bond donors (Lipinski definition) is 0. The molecule has 2 heteroatoms. The third kappa shape index (κ3) is 3.85. The van der Waals surface area contributed by atoms with Gasteiger partial charge in [-0.1, -0.05) is 25.0 Å². The van der Waals surface area contributed by atoms with Crippen LogP contribution in [0.2, 0.25) is 0 Å². The predicted octanol–water partition coefficient (Wildman–Crippen LogP) is 6.26. The average molecular weight is 324 g/mol. The molecule has 0 bridgehead atoms. The summed E-state index contributed by atoms with van der Waals surface area (Å²) >= 11 is 0. The monoisotopic (exact) mass is 324 g/mol. The topological polar surface area (TPSA) is 18.5 Å². The second kappa shape index (κ2) is 7.46. The van der Waals surface area contributed by atoms with Gasteiger partial charge in [-0.05, 0) is 86.4 Å². The van der Waals surface area contributed by atoms with Gasteiger partial charge in [0.1, 0.15) is 11.5 Å². The van der Waals surface area contributed by atoms with E-state index in [0.29, 0.717) is 12.2 Å². The summed E-state index contributed by atoms with van der Waals surface area (Å²) in [5, 5.41) is 2.47. The van der Waals surface area contributed by atoms with Crippen LogP contribution < -0.4 is 9.47 Å². The molecule has 24 heavy (non-hydrogen) atoms. The van der Waals surface area contributed by atoms with Gasteiger partial charge >= 0.3 is 0 Å². The highest BCUT2D eigenvalue weighted by atomic mass is 16.5. The Balaban J connectivity index is 1.49. The Kier molecular flexibility index (Phi) is 4.91. The molecule has 0 saturated heterocycles. The van der Waals surface area contributed by atoms with Crippen molar-refractivity contribution in [2.45, 2.75) is 76.4 Å². The summed E-state index contributed by atoms with van der Waals surface area (Å²) in [5.74, 6) is 2.01. The lowest BCUT2D eigenvalue weighted by atomic mass is 9.97. The summed E-state index contributed by atoms with van der Waals surface area (Å²) in [6, 6.07) is 12.9. The molecule has 0 heterocycles. The number of fused-ring (bicyclic) bond motifs is 1. The molecule has 2 nitrogen and oxygen atoms in total. The van der Waals surface area contributed by atoms with Crippen LogP contribution in [-0.2, 0) is 0 Å². The van der Waals surface area contributed by atoms with Gasteiger partial charge in [0, 0.05) is 0 Å². The lowest BCUT2D eigenvalue weighted by Gasteiger charge is -2.24. The van der Waals surface area contributed by atoms with Gasteiger partial charge in [0.25, 0.3) is 0 Å². The zero-order valence-electron chi connectivity index (χ0n) is 14.5. The third-order valence-electron chi connectivity index (χ3n) is 5.49. The SMILES string of the molecule is c1cc2ccc(OC3CCCCC3)cc2cc1OC1CCCCC1. The summed E-state index contributed by atoms with van der Waals surface area (Å²) in [5.41, 5.74) is 0. The van der Waals surface area contributed by atoms with Crippen LogP contribution in [0.15, 0.2) is 36.4 Å². The van der Waals surface area contributed by atoms with E-state index in [4.69, 9.17) is 9.47 Å². The van der Waals surface area contributed by atoms with Crippen molar-refractivity contribution < 1.29 is 9.47 Å². The molecule has 2 aromatic carbocycles. The summed E-state index contributed by atoms with van der Waals surface area (Å²) in [6.07, 6.45) is 13.5. The van der Waals surface area contributed by atoms with Crippen molar-refractivity contribution in [1.82, 2.24) is 0 Å². The Morgan fingerprint density at radius 2 is 1.00 bits per heavy atom. The van der Waals surface area contributed by atoms with Gasteiger partial charge in [0.15, 0.2) is 0 Å². The Hall–Kier alpha value is -1.70. The number of benzene rings is 2. The molecule has 2 aliphatic rings. The van der Waals surface area contributed by atoms with Crippen LogP contribution in [0, 0.1) is 0 Å². The van der Waals surface area contributed by atoms with Crippen LogP contribution in [-0.4, -0.2) is 12.2 Å². The lowest BCUT2D eigenvalue weighted by molar-refractivity contribution is 0.155. The fraction of sp³-hybridized carbons (Fsp3) is 0.545. The van der Waals surface area contributed by atoms with Crippen LogP contribution in [0.1, 0.15) is 64.2 Å². The highest BCUT2D eigenvalue weighted by Crippen LogP contribution is 2.30. The highest BCUT2D eigenvalue weighted by Gasteiger charge is 2.16. The molecule has 0 amide bonds. The molecule has 0 N–H and O–H groups in total. The second-order valence-corrected chi connectivity index (χ2v) is 7.43. The molecule has 0 aliphatic heterocycles. The lowest BCUT2D eigenvalue weighted by Crippen LogP contribution is -2.19. The second-order valence-electron chi connectivity index (χ2n) is 7.43. The van der Waals surface area contributed by atoms with Gasteiger partial charge in [-0.2, -0.15) is 0 Å². The van der Waals surface area contributed by atoms with E-state index in [-0.39, 0.29) is 0 Å². The smallest absolute Gasteiger partial charge is 0.120 e. The van der Waals surface area contributed by atoms with Crippen LogP contribution in [0.4, 0.5) is 0 Å². The van der Waals surface area contributed by atoms with Gasteiger partial charge in [-0.25, -0.2) is 0 Å². The van der Waals surface area contributed by atoms with Crippen molar-refractivity contribution in [3.63, 3.8) is 0 Å². The molecular weight excluding hydrogens is 296 g/mol. The maximum Gasteiger partial charge on any atom is 0.120 e. The van der Waals surface area contributed by atoms with E-state index < -0.39 is 0 Å². The molecule has 2 aromatic rings. The summed E-state index contributed by atoms with van der Waals surface area (Å²) < 4.78 is 12.4. The molecule has 0 aromatic heterocycles. The van der Waals surface area contributed by atoms with Gasteiger partial charge in [0.05, 0.1) is 12.2 Å². The van der Waals surface area contributed by atoms with E-state index >= 15 is 0 Å². The minimum absolute atomic E-state index is 0.401. The first kappa shape index (κ1) is 15.8. The number of rotatable bonds is 4. The van der Waals surface area contributed by atoms with E-state index in [1.165, 1.54) is 75.0 Å². The molecular formula is C22H28O2. The van der Waals surface area contributed by atoms with Crippen molar-refractivity contribution in [2.24, 2.45) is 0 Å². The Bertz CT molecular complexity index is 612. The van der Waals surface area contributed by atoms with Gasteiger partial charge in [-0.15, -0.1) is 0 Å². The standard InChI is InChI=1S/C22H28O2/c1-3-7-19(8-4-1)23-21-13-11-17-12-14-22(16-18(17)15-21)24-20-9-5-2-6-10-20/h11-16,19-20H,1-10H2. The molecule has 0 radical (unpaired) electrons. The van der Waals surface area contributed by atoms with Crippen LogP contribution in [0.5, 0.6) is 11.5 Å². The highest BCUT2D eigenvalue weighted by molar-refractivity contribution is 5.85. The summed E-state index contributed by atoms with van der Waals surface area (Å²) in [6.45, 7) is 0. The first-order valence-corrected chi connectivity index (χ1v) is 9.74. The van der Waals surface area contributed by atoms with Crippen LogP contribution in [0.3, 0.4) is 0 Å². The zero-order valence-corrected chi connectivity index (χ0v) is 14.5. The number of hydrogen-bond acceptors (Lipinski definition) is 2. The van der Waals surface area contributed by atoms with Crippen molar-refractivity contribution in [2.75, 3.05) is 0 Å². The first-order valence-electron chi connectivity index (χ1n) is 9.74. The summed E-state index contributed by atoms with van der Waals surface area (Å²) in [4.78, 5) is 0. The maximum absolute atomic E-state index is 6.21. The van der Waals surface area contributed by atoms with Crippen molar-refractivity contribution >= 4 is 10.8 Å². The molecule has 128 valence electrons. The van der Waals surface area contributed by atoms with Gasteiger partial charge in [0.2, 0.25) is 0 Å². The maximum atomic E-state index is 6.21. The predicted molar refractivity (Wildman–Crippen MR) is 99.0 cm³/mol. The molecule has 2 fully saturated rings. The van der Waals surface area contributed by atoms with Crippen LogP contribution in [0.25, 0.3) is 10.8 Å². The van der Waals surface area contributed by atoms with Crippen LogP contribution >= 0.6 is 0 Å². The Morgan fingerprint density at radius 3 is 1.46 bits per heavy atom. The first-order chi connectivity index (χ1) is 11.9. The van der Waals surface area contributed by atoms with Gasteiger partial charge in [-0.3, -0.25) is 0 Å². The van der Waals surface area contributed by atoms with Gasteiger partial charge < -0.3 is 9.47 Å². The molecule has 4 rings (SSSR count). The fourth-order valence-electron chi connectivity index (χ4n) is 4.10. The molecule has 2 aliphatic carbocycles. The average Bonchev–Trinajstić information content (AvgIpc) is 2.63. The van der Waals surface area contributed by atoms with E-state index in [1.807, 2.05) is 0 Å². The molecule has 0 atom stereocenters. The minimum Gasteiger partial charge on any atom is -0.490 e. The molecule has 2 saturated carbocycles. The van der Waals surface area contributed by atoms with E-state index in [9.17, 15) is 0 Å². The summed E-state index contributed by atoms with van der Waals surface area (Å²) in [7, 11) is 0. The Labute approximate surface area is 145 Å². The molecule has 0 unspecified atom stereocenters. The van der Waals surface area contributed by atoms with E-state index in [1.54, 1.807) is 0 Å².